The topological polar surface area (TPSA) is 85.6 Å². The molecular formula is C16H18N6OS. The number of benzene rings is 1. The van der Waals surface area contributed by atoms with Crippen LogP contribution in [0.4, 0.5) is 5.69 Å². The van der Waals surface area contributed by atoms with E-state index in [1.54, 1.807) is 4.68 Å². The van der Waals surface area contributed by atoms with Crippen molar-refractivity contribution in [3.8, 4) is 0 Å². The Balaban J connectivity index is 1.70. The third-order valence-corrected chi connectivity index (χ3v) is 4.55. The van der Waals surface area contributed by atoms with E-state index in [0.717, 1.165) is 16.8 Å². The Bertz CT molecular complexity index is 891. The number of aromatic nitrogens is 5. The average molecular weight is 342 g/mol. The van der Waals surface area contributed by atoms with Crippen LogP contribution in [0.15, 0.2) is 29.6 Å². The third kappa shape index (κ3) is 3.38. The number of nitrogens with zero attached hydrogens (tertiary/aromatic N) is 5. The van der Waals surface area contributed by atoms with Crippen molar-refractivity contribution in [2.75, 3.05) is 11.1 Å². The maximum atomic E-state index is 12.2. The van der Waals surface area contributed by atoms with Gasteiger partial charge < -0.3 is 5.32 Å². The van der Waals surface area contributed by atoms with E-state index < -0.39 is 0 Å². The van der Waals surface area contributed by atoms with Gasteiger partial charge in [-0.05, 0) is 38.0 Å². The first-order valence-corrected chi connectivity index (χ1v) is 8.61. The number of hydrogen-bond acceptors (Lipinski definition) is 6. The minimum absolute atomic E-state index is 0.0802. The molecule has 0 fully saturated rings. The van der Waals surface area contributed by atoms with Crippen LogP contribution in [0, 0.1) is 13.8 Å². The number of amides is 1. The summed E-state index contributed by atoms with van der Waals surface area (Å²) in [6, 6.07) is 5.98. The van der Waals surface area contributed by atoms with Crippen molar-refractivity contribution in [2.45, 2.75) is 32.3 Å². The first-order chi connectivity index (χ1) is 11.6. The van der Waals surface area contributed by atoms with Gasteiger partial charge in [-0.25, -0.2) is 14.6 Å². The number of nitrogens with one attached hydrogen (secondary N) is 1. The van der Waals surface area contributed by atoms with Gasteiger partial charge in [-0.15, -0.1) is 5.10 Å². The molecule has 1 aromatic carbocycles. The van der Waals surface area contributed by atoms with Crippen molar-refractivity contribution >= 4 is 34.5 Å². The van der Waals surface area contributed by atoms with E-state index in [2.05, 4.69) is 25.6 Å². The summed E-state index contributed by atoms with van der Waals surface area (Å²) < 4.78 is 1.71. The fraction of sp³-hybridized carbons (Fsp3) is 0.312. The lowest BCUT2D eigenvalue weighted by Crippen LogP contribution is -2.15. The van der Waals surface area contributed by atoms with Gasteiger partial charge in [0.25, 0.3) is 0 Å². The van der Waals surface area contributed by atoms with Gasteiger partial charge in [-0.1, -0.05) is 29.1 Å². The molecule has 2 aromatic heterocycles. The van der Waals surface area contributed by atoms with Crippen molar-refractivity contribution in [1.82, 2.24) is 25.0 Å². The molecule has 0 bridgehead atoms. The highest BCUT2D eigenvalue weighted by atomic mass is 32.2. The summed E-state index contributed by atoms with van der Waals surface area (Å²) in [5, 5.41) is 11.8. The first kappa shape index (κ1) is 16.4. The zero-order valence-electron chi connectivity index (χ0n) is 13.8. The van der Waals surface area contributed by atoms with Gasteiger partial charge in [0.15, 0.2) is 11.2 Å². The van der Waals surface area contributed by atoms with Crippen LogP contribution in [0.25, 0.3) is 11.2 Å². The zero-order chi connectivity index (χ0) is 17.1. The highest BCUT2D eigenvalue weighted by Gasteiger charge is 2.13. The molecule has 0 atom stereocenters. The molecule has 0 aliphatic rings. The van der Waals surface area contributed by atoms with E-state index in [1.165, 1.54) is 18.1 Å². The summed E-state index contributed by atoms with van der Waals surface area (Å²) >= 11 is 1.33. The van der Waals surface area contributed by atoms with E-state index >= 15 is 0 Å². The predicted molar refractivity (Wildman–Crippen MR) is 94.1 cm³/mol. The lowest BCUT2D eigenvalue weighted by Gasteiger charge is -2.09. The van der Waals surface area contributed by atoms with Gasteiger partial charge in [0.1, 0.15) is 11.4 Å². The van der Waals surface area contributed by atoms with Crippen molar-refractivity contribution in [3.63, 3.8) is 0 Å². The number of anilines is 1. The Morgan fingerprint density at radius 1 is 1.29 bits per heavy atom. The maximum absolute atomic E-state index is 12.2. The van der Waals surface area contributed by atoms with E-state index in [9.17, 15) is 4.79 Å². The molecule has 0 saturated heterocycles. The summed E-state index contributed by atoms with van der Waals surface area (Å²) in [6.45, 7) is 6.63. The maximum Gasteiger partial charge on any atom is 0.234 e. The van der Waals surface area contributed by atoms with Crippen LogP contribution in [-0.4, -0.2) is 36.6 Å². The largest absolute Gasteiger partial charge is 0.325 e. The van der Waals surface area contributed by atoms with Crippen molar-refractivity contribution in [2.24, 2.45) is 0 Å². The highest BCUT2D eigenvalue weighted by Crippen LogP contribution is 2.23. The zero-order valence-corrected chi connectivity index (χ0v) is 14.6. The van der Waals surface area contributed by atoms with Crippen molar-refractivity contribution < 1.29 is 4.79 Å². The summed E-state index contributed by atoms with van der Waals surface area (Å²) in [4.78, 5) is 20.7. The SMILES string of the molecule is CCn1nnc2c(SCC(=O)Nc3cc(C)ccc3C)ncnc21. The van der Waals surface area contributed by atoms with Gasteiger partial charge in [-0.2, -0.15) is 0 Å². The minimum atomic E-state index is -0.0802. The predicted octanol–water partition coefficient (Wildman–Crippen LogP) is 2.59. The Morgan fingerprint density at radius 3 is 2.92 bits per heavy atom. The molecule has 0 aliphatic heterocycles. The second kappa shape index (κ2) is 6.96. The number of rotatable bonds is 5. The van der Waals surface area contributed by atoms with Gasteiger partial charge >= 0.3 is 0 Å². The standard InChI is InChI=1S/C16H18N6OS/c1-4-22-15-14(20-21-22)16(18-9-17-15)24-8-13(23)19-12-7-10(2)5-6-11(12)3/h5-7,9H,4,8H2,1-3H3,(H,19,23). The summed E-state index contributed by atoms with van der Waals surface area (Å²) in [6.07, 6.45) is 1.47. The Kier molecular flexibility index (Phi) is 4.75. The molecule has 0 spiro atoms. The van der Waals surface area contributed by atoms with Gasteiger partial charge in [0, 0.05) is 12.2 Å². The molecule has 3 rings (SSSR count). The number of hydrogen-bond donors (Lipinski definition) is 1. The van der Waals surface area contributed by atoms with Crippen LogP contribution in [-0.2, 0) is 11.3 Å². The second-order valence-electron chi connectivity index (χ2n) is 5.41. The minimum Gasteiger partial charge on any atom is -0.325 e. The smallest absolute Gasteiger partial charge is 0.234 e. The normalized spacial score (nSPS) is 11.0. The Labute approximate surface area is 143 Å². The molecule has 7 nitrogen and oxygen atoms in total. The first-order valence-electron chi connectivity index (χ1n) is 7.62. The lowest BCUT2D eigenvalue weighted by molar-refractivity contribution is -0.113. The van der Waals surface area contributed by atoms with Crippen LogP contribution in [0.1, 0.15) is 18.1 Å². The highest BCUT2D eigenvalue weighted by molar-refractivity contribution is 8.00. The average Bonchev–Trinajstić information content (AvgIpc) is 3.00. The van der Waals surface area contributed by atoms with E-state index in [0.29, 0.717) is 22.7 Å². The molecule has 1 N–H and O–H groups in total. The molecular weight excluding hydrogens is 324 g/mol. The Hall–Kier alpha value is -2.48. The third-order valence-electron chi connectivity index (χ3n) is 3.57. The van der Waals surface area contributed by atoms with Crippen LogP contribution in [0.5, 0.6) is 0 Å². The number of carbonyl (C=O) groups is 1. The van der Waals surface area contributed by atoms with Gasteiger partial charge in [0.05, 0.1) is 5.75 Å². The van der Waals surface area contributed by atoms with Crippen LogP contribution >= 0.6 is 11.8 Å². The number of carbonyl (C=O) groups excluding carboxylic acids is 1. The molecule has 0 unspecified atom stereocenters. The Morgan fingerprint density at radius 2 is 2.12 bits per heavy atom. The molecule has 3 aromatic rings. The quantitative estimate of drug-likeness (QED) is 0.566. The summed E-state index contributed by atoms with van der Waals surface area (Å²) in [5.41, 5.74) is 4.30. The number of aryl methyl sites for hydroxylation is 3. The van der Waals surface area contributed by atoms with E-state index in [1.807, 2.05) is 39.0 Å². The molecule has 24 heavy (non-hydrogen) atoms. The molecule has 124 valence electrons. The van der Waals surface area contributed by atoms with Crippen LogP contribution < -0.4 is 5.32 Å². The van der Waals surface area contributed by atoms with Gasteiger partial charge in [0.2, 0.25) is 5.91 Å². The molecule has 1 amide bonds. The second-order valence-corrected chi connectivity index (χ2v) is 6.38. The lowest BCUT2D eigenvalue weighted by atomic mass is 10.1. The molecule has 8 heteroatoms. The fourth-order valence-electron chi connectivity index (χ4n) is 2.28. The van der Waals surface area contributed by atoms with Crippen LogP contribution in [0.2, 0.25) is 0 Å². The van der Waals surface area contributed by atoms with E-state index in [4.69, 9.17) is 0 Å². The van der Waals surface area contributed by atoms with Crippen molar-refractivity contribution in [3.05, 3.63) is 35.7 Å². The van der Waals surface area contributed by atoms with E-state index in [-0.39, 0.29) is 11.7 Å². The summed E-state index contributed by atoms with van der Waals surface area (Å²) in [7, 11) is 0. The summed E-state index contributed by atoms with van der Waals surface area (Å²) in [5.74, 6) is 0.168. The monoisotopic (exact) mass is 342 g/mol. The van der Waals surface area contributed by atoms with Crippen molar-refractivity contribution in [1.29, 1.82) is 0 Å². The molecule has 0 radical (unpaired) electrons. The number of fused-ring (bicyclic) bond motifs is 1. The molecule has 0 aliphatic carbocycles. The molecule has 2 heterocycles. The van der Waals surface area contributed by atoms with Gasteiger partial charge in [-0.3, -0.25) is 4.79 Å². The fourth-order valence-corrected chi connectivity index (χ4v) is 3.01. The van der Waals surface area contributed by atoms with Crippen LogP contribution in [0.3, 0.4) is 0 Å². The molecule has 0 saturated carbocycles. The number of thioether (sulfide) groups is 1.